The number of rotatable bonds is 6. The van der Waals surface area contributed by atoms with Gasteiger partial charge < -0.3 is 5.11 Å². The third kappa shape index (κ3) is 5.27. The summed E-state index contributed by atoms with van der Waals surface area (Å²) >= 11 is 5.74. The number of hydrogen-bond donors (Lipinski definition) is 2. The topological polar surface area (TPSA) is 118 Å². The summed E-state index contributed by atoms with van der Waals surface area (Å²) in [4.78, 5) is 10.4. The lowest BCUT2D eigenvalue weighted by atomic mass is 10.2. The number of carboxylic acid groups (broad SMARTS) is 1. The fourth-order valence-electron chi connectivity index (χ4n) is 1.53. The molecule has 21 heavy (non-hydrogen) atoms. The van der Waals surface area contributed by atoms with Crippen LogP contribution < -0.4 is 4.72 Å². The van der Waals surface area contributed by atoms with Crippen LogP contribution in [0.15, 0.2) is 23.1 Å². The van der Waals surface area contributed by atoms with E-state index in [2.05, 4.69) is 0 Å². The second-order valence-corrected chi connectivity index (χ2v) is 8.76. The second kappa shape index (κ2) is 6.30. The van der Waals surface area contributed by atoms with Gasteiger partial charge >= 0.3 is 5.97 Å². The number of hydrogen-bond acceptors (Lipinski definition) is 5. The highest BCUT2D eigenvalue weighted by Crippen LogP contribution is 2.22. The molecule has 0 heterocycles. The highest BCUT2D eigenvalue weighted by molar-refractivity contribution is 7.90. The summed E-state index contributed by atoms with van der Waals surface area (Å²) < 4.78 is 49.0. The molecule has 0 aromatic heterocycles. The maximum Gasteiger partial charge on any atom is 0.321 e. The Labute approximate surface area is 127 Å². The van der Waals surface area contributed by atoms with Gasteiger partial charge in [-0.1, -0.05) is 17.7 Å². The molecule has 0 saturated heterocycles. The molecule has 0 aliphatic heterocycles. The predicted octanol–water partition coefficient (Wildman–Crippen LogP) is 0.636. The molecule has 0 aliphatic rings. The number of carboxylic acids is 1. The van der Waals surface area contributed by atoms with E-state index in [0.29, 0.717) is 0 Å². The van der Waals surface area contributed by atoms with Crippen molar-refractivity contribution in [3.8, 4) is 0 Å². The van der Waals surface area contributed by atoms with Crippen LogP contribution in [0.4, 0.5) is 0 Å². The van der Waals surface area contributed by atoms with E-state index in [1.165, 1.54) is 12.1 Å². The number of halogens is 1. The van der Waals surface area contributed by atoms with Gasteiger partial charge in [0.15, 0.2) is 9.84 Å². The Morgan fingerprint density at radius 3 is 2.38 bits per heavy atom. The van der Waals surface area contributed by atoms with Crippen molar-refractivity contribution in [2.24, 2.45) is 0 Å². The van der Waals surface area contributed by atoms with Gasteiger partial charge in [-0.05, 0) is 24.6 Å². The number of aliphatic carboxylic acids is 1. The van der Waals surface area contributed by atoms with Gasteiger partial charge in [-0.25, -0.2) is 16.8 Å². The largest absolute Gasteiger partial charge is 0.480 e. The molecule has 118 valence electrons. The minimum absolute atomic E-state index is 0.0204. The quantitative estimate of drug-likeness (QED) is 0.773. The van der Waals surface area contributed by atoms with E-state index in [0.717, 1.165) is 19.2 Å². The first-order valence-electron chi connectivity index (χ1n) is 5.63. The predicted molar refractivity (Wildman–Crippen MR) is 77.4 cm³/mol. The first-order chi connectivity index (χ1) is 9.42. The Bertz CT molecular complexity index is 757. The zero-order valence-electron chi connectivity index (χ0n) is 11.2. The molecule has 0 spiro atoms. The maximum absolute atomic E-state index is 12.2. The minimum Gasteiger partial charge on any atom is -0.480 e. The molecular weight excluding hydrogens is 342 g/mol. The summed E-state index contributed by atoms with van der Waals surface area (Å²) in [7, 11) is -7.68. The summed E-state index contributed by atoms with van der Waals surface area (Å²) in [6.45, 7) is 1.15. The fourth-order valence-corrected chi connectivity index (χ4v) is 4.13. The SMILES string of the molecule is C[C@@H](NS(=O)(=O)c1cc(Cl)ccc1CS(C)(=O)=O)C(=O)O. The van der Waals surface area contributed by atoms with Crippen LogP contribution >= 0.6 is 11.6 Å². The summed E-state index contributed by atoms with van der Waals surface area (Å²) in [6.07, 6.45) is 0.964. The van der Waals surface area contributed by atoms with Crippen LogP contribution in [0.25, 0.3) is 0 Å². The van der Waals surface area contributed by atoms with E-state index in [9.17, 15) is 21.6 Å². The van der Waals surface area contributed by atoms with E-state index in [4.69, 9.17) is 16.7 Å². The van der Waals surface area contributed by atoms with Crippen molar-refractivity contribution in [1.82, 2.24) is 4.72 Å². The van der Waals surface area contributed by atoms with Crippen LogP contribution in [0.3, 0.4) is 0 Å². The van der Waals surface area contributed by atoms with Crippen LogP contribution in [0.1, 0.15) is 12.5 Å². The number of sulfone groups is 1. The number of nitrogens with one attached hydrogen (secondary N) is 1. The Morgan fingerprint density at radius 1 is 1.33 bits per heavy atom. The van der Waals surface area contributed by atoms with Gasteiger partial charge in [-0.15, -0.1) is 0 Å². The summed E-state index contributed by atoms with van der Waals surface area (Å²) in [5.74, 6) is -1.85. The zero-order valence-corrected chi connectivity index (χ0v) is 13.6. The molecule has 0 fully saturated rings. The number of sulfonamides is 1. The van der Waals surface area contributed by atoms with Crippen molar-refractivity contribution in [1.29, 1.82) is 0 Å². The molecule has 1 aromatic rings. The van der Waals surface area contributed by atoms with Gasteiger partial charge in [-0.2, -0.15) is 4.72 Å². The highest BCUT2D eigenvalue weighted by atomic mass is 35.5. The van der Waals surface area contributed by atoms with Gasteiger partial charge in [0, 0.05) is 11.3 Å². The average molecular weight is 356 g/mol. The Hall–Kier alpha value is -1.16. The van der Waals surface area contributed by atoms with E-state index in [1.807, 2.05) is 4.72 Å². The molecule has 0 radical (unpaired) electrons. The molecule has 2 N–H and O–H groups in total. The lowest BCUT2D eigenvalue weighted by molar-refractivity contribution is -0.138. The average Bonchev–Trinajstić information content (AvgIpc) is 2.28. The Morgan fingerprint density at radius 2 is 1.90 bits per heavy atom. The van der Waals surface area contributed by atoms with Gasteiger partial charge in [0.25, 0.3) is 0 Å². The second-order valence-electron chi connectivity index (χ2n) is 4.50. The molecule has 7 nitrogen and oxygen atoms in total. The van der Waals surface area contributed by atoms with Crippen LogP contribution in [0.5, 0.6) is 0 Å². The van der Waals surface area contributed by atoms with E-state index < -0.39 is 37.6 Å². The van der Waals surface area contributed by atoms with Gasteiger partial charge in [0.1, 0.15) is 6.04 Å². The summed E-state index contributed by atoms with van der Waals surface area (Å²) in [5.41, 5.74) is 0.0204. The summed E-state index contributed by atoms with van der Waals surface area (Å²) in [5, 5.41) is 8.85. The Kier molecular flexibility index (Phi) is 5.37. The molecule has 0 unspecified atom stereocenters. The molecule has 0 saturated carbocycles. The highest BCUT2D eigenvalue weighted by Gasteiger charge is 2.25. The van der Waals surface area contributed by atoms with Crippen molar-refractivity contribution >= 4 is 37.4 Å². The van der Waals surface area contributed by atoms with E-state index in [-0.39, 0.29) is 15.5 Å². The van der Waals surface area contributed by atoms with Gasteiger partial charge in [0.05, 0.1) is 10.6 Å². The van der Waals surface area contributed by atoms with Crippen molar-refractivity contribution in [3.63, 3.8) is 0 Å². The van der Waals surface area contributed by atoms with Crippen molar-refractivity contribution in [2.45, 2.75) is 23.6 Å². The first kappa shape index (κ1) is 17.9. The lowest BCUT2D eigenvalue weighted by Gasteiger charge is -2.13. The zero-order chi connectivity index (χ0) is 16.4. The normalized spacial score (nSPS) is 13.9. The third-order valence-corrected chi connectivity index (χ3v) is 5.13. The van der Waals surface area contributed by atoms with Gasteiger partial charge in [0.2, 0.25) is 10.0 Å². The van der Waals surface area contributed by atoms with Crippen LogP contribution in [-0.4, -0.2) is 40.2 Å². The molecule has 0 aliphatic carbocycles. The fraction of sp³-hybridized carbons (Fsp3) is 0.364. The molecule has 1 rings (SSSR count). The molecule has 1 aromatic carbocycles. The van der Waals surface area contributed by atoms with Crippen molar-refractivity contribution < 1.29 is 26.7 Å². The molecule has 1 atom stereocenters. The van der Waals surface area contributed by atoms with Crippen LogP contribution in [-0.2, 0) is 30.4 Å². The molecule has 0 bridgehead atoms. The van der Waals surface area contributed by atoms with Crippen LogP contribution in [0, 0.1) is 0 Å². The standard InChI is InChI=1S/C11H14ClNO6S2/c1-7(11(14)15)13-21(18,19)10-5-9(12)4-3-8(10)6-20(2,16)17/h3-5,7,13H,6H2,1-2H3,(H,14,15)/t7-/m1/s1. The molecule has 0 amide bonds. The maximum atomic E-state index is 12.2. The molecular formula is C11H14ClNO6S2. The number of carbonyl (C=O) groups is 1. The van der Waals surface area contributed by atoms with Crippen molar-refractivity contribution in [2.75, 3.05) is 6.26 Å². The molecule has 10 heteroatoms. The monoisotopic (exact) mass is 355 g/mol. The third-order valence-electron chi connectivity index (χ3n) is 2.44. The summed E-state index contributed by atoms with van der Waals surface area (Å²) in [6, 6.07) is 2.37. The van der Waals surface area contributed by atoms with Crippen LogP contribution in [0.2, 0.25) is 5.02 Å². The van der Waals surface area contributed by atoms with E-state index in [1.54, 1.807) is 0 Å². The van der Waals surface area contributed by atoms with E-state index >= 15 is 0 Å². The van der Waals surface area contributed by atoms with Crippen molar-refractivity contribution in [3.05, 3.63) is 28.8 Å². The smallest absolute Gasteiger partial charge is 0.321 e. The first-order valence-corrected chi connectivity index (χ1v) is 9.56. The van der Waals surface area contributed by atoms with Gasteiger partial charge in [-0.3, -0.25) is 4.79 Å². The lowest BCUT2D eigenvalue weighted by Crippen LogP contribution is -2.38. The number of benzene rings is 1. The minimum atomic E-state index is -4.21. The Balaban J connectivity index is 3.33.